The van der Waals surface area contributed by atoms with Crippen molar-refractivity contribution >= 4 is 11.4 Å². The van der Waals surface area contributed by atoms with Gasteiger partial charge in [0, 0.05) is 23.1 Å². The Labute approximate surface area is 172 Å². The van der Waals surface area contributed by atoms with Crippen LogP contribution in [-0.2, 0) is 0 Å². The molecule has 0 saturated carbocycles. The van der Waals surface area contributed by atoms with Crippen LogP contribution in [0.2, 0.25) is 0 Å². The van der Waals surface area contributed by atoms with Crippen molar-refractivity contribution in [3.8, 4) is 11.3 Å². The van der Waals surface area contributed by atoms with Crippen LogP contribution in [0.1, 0.15) is 32.9 Å². The number of nitro groups is 1. The summed E-state index contributed by atoms with van der Waals surface area (Å²) in [4.78, 5) is 16.3. The number of nitrogens with two attached hydrogens (primary N) is 1. The number of imidazole rings is 1. The standard InChI is InChI=1S/C22H23FN4O3/c1-21(2,3)13-22(27(28)29)9-8-15(12-17(22)24)19-18(14-4-6-16(23)7-5-14)25-20-26(19)10-11-30-20/h4-12,17H,13,24H2,1-3H3. The molecule has 2 aromatic heterocycles. The van der Waals surface area contributed by atoms with E-state index >= 15 is 0 Å². The topological polar surface area (TPSA) is 99.6 Å². The zero-order valence-corrected chi connectivity index (χ0v) is 17.0. The maximum absolute atomic E-state index is 13.4. The summed E-state index contributed by atoms with van der Waals surface area (Å²) in [5.74, 6) is 0.0212. The Hall–Kier alpha value is -3.26. The van der Waals surface area contributed by atoms with Crippen molar-refractivity contribution in [2.45, 2.75) is 38.8 Å². The number of benzene rings is 1. The van der Waals surface area contributed by atoms with Gasteiger partial charge in [0.05, 0.1) is 11.7 Å². The number of nitrogens with zero attached hydrogens (tertiary/aromatic N) is 3. The molecule has 0 spiro atoms. The van der Waals surface area contributed by atoms with Crippen molar-refractivity contribution < 1.29 is 13.7 Å². The van der Waals surface area contributed by atoms with E-state index < -0.39 is 11.6 Å². The third-order valence-corrected chi connectivity index (χ3v) is 5.29. The van der Waals surface area contributed by atoms with Gasteiger partial charge >= 0.3 is 5.84 Å². The van der Waals surface area contributed by atoms with Crippen LogP contribution in [0.25, 0.3) is 22.7 Å². The lowest BCUT2D eigenvalue weighted by atomic mass is 9.73. The summed E-state index contributed by atoms with van der Waals surface area (Å²) in [7, 11) is 0. The average molecular weight is 410 g/mol. The first kappa shape index (κ1) is 20.0. The largest absolute Gasteiger partial charge is 0.432 e. The molecule has 2 atom stereocenters. The Morgan fingerprint density at radius 1 is 1.33 bits per heavy atom. The zero-order valence-electron chi connectivity index (χ0n) is 17.0. The van der Waals surface area contributed by atoms with Gasteiger partial charge in [0.2, 0.25) is 0 Å². The SMILES string of the molecule is CC(C)(C)CC1([N+](=O)[O-])C=CC(c2c(-c3ccc(F)cc3)nc3occn23)=CC1N. The van der Waals surface area contributed by atoms with Crippen LogP contribution < -0.4 is 5.73 Å². The van der Waals surface area contributed by atoms with E-state index in [1.807, 2.05) is 20.8 Å². The molecule has 2 unspecified atom stereocenters. The van der Waals surface area contributed by atoms with Gasteiger partial charge in [-0.2, -0.15) is 4.98 Å². The Morgan fingerprint density at radius 3 is 2.63 bits per heavy atom. The van der Waals surface area contributed by atoms with Gasteiger partial charge in [0.15, 0.2) is 0 Å². The maximum atomic E-state index is 13.4. The van der Waals surface area contributed by atoms with Crippen LogP contribution in [0.5, 0.6) is 0 Å². The number of hydrogen-bond donors (Lipinski definition) is 1. The number of aromatic nitrogens is 2. The highest BCUT2D eigenvalue weighted by atomic mass is 19.1. The number of rotatable bonds is 4. The van der Waals surface area contributed by atoms with E-state index in [0.717, 1.165) is 0 Å². The number of fused-ring (bicyclic) bond motifs is 1. The van der Waals surface area contributed by atoms with E-state index in [9.17, 15) is 14.5 Å². The average Bonchev–Trinajstić information content (AvgIpc) is 3.24. The highest BCUT2D eigenvalue weighted by Crippen LogP contribution is 2.39. The molecule has 1 aliphatic carbocycles. The fourth-order valence-electron chi connectivity index (χ4n) is 4.04. The van der Waals surface area contributed by atoms with E-state index in [-0.39, 0.29) is 16.2 Å². The van der Waals surface area contributed by atoms with E-state index in [1.165, 1.54) is 18.4 Å². The number of halogens is 1. The number of allylic oxidation sites excluding steroid dienone is 2. The molecule has 0 saturated heterocycles. The number of oxazole rings is 1. The molecule has 2 N–H and O–H groups in total. The maximum Gasteiger partial charge on any atom is 0.306 e. The fourth-order valence-corrected chi connectivity index (χ4v) is 4.04. The molecular formula is C22H23FN4O3. The van der Waals surface area contributed by atoms with Crippen molar-refractivity contribution in [3.05, 3.63) is 76.6 Å². The van der Waals surface area contributed by atoms with E-state index in [2.05, 4.69) is 4.98 Å². The molecule has 30 heavy (non-hydrogen) atoms. The third-order valence-electron chi connectivity index (χ3n) is 5.29. The fraction of sp³-hybridized carbons (Fsp3) is 0.318. The van der Waals surface area contributed by atoms with Crippen LogP contribution >= 0.6 is 0 Å². The second kappa shape index (κ2) is 6.91. The van der Waals surface area contributed by atoms with Crippen molar-refractivity contribution in [2.75, 3.05) is 0 Å². The van der Waals surface area contributed by atoms with Gasteiger partial charge in [0.25, 0.3) is 5.54 Å². The Balaban J connectivity index is 1.83. The second-order valence-electron chi connectivity index (χ2n) is 8.84. The first-order valence-corrected chi connectivity index (χ1v) is 9.64. The molecule has 8 heteroatoms. The lowest BCUT2D eigenvalue weighted by molar-refractivity contribution is -0.560. The highest BCUT2D eigenvalue weighted by Gasteiger charge is 2.50. The molecule has 0 fully saturated rings. The molecule has 156 valence electrons. The van der Waals surface area contributed by atoms with Crippen molar-refractivity contribution in [1.82, 2.24) is 9.38 Å². The summed E-state index contributed by atoms with van der Waals surface area (Å²) in [6.07, 6.45) is 8.54. The van der Waals surface area contributed by atoms with Gasteiger partial charge in [-0.05, 0) is 47.4 Å². The molecule has 0 radical (unpaired) electrons. The van der Waals surface area contributed by atoms with Crippen LogP contribution in [0, 0.1) is 21.3 Å². The van der Waals surface area contributed by atoms with E-state index in [0.29, 0.717) is 34.8 Å². The summed E-state index contributed by atoms with van der Waals surface area (Å²) >= 11 is 0. The molecular weight excluding hydrogens is 387 g/mol. The molecule has 7 nitrogen and oxygen atoms in total. The van der Waals surface area contributed by atoms with Crippen LogP contribution in [0.3, 0.4) is 0 Å². The summed E-state index contributed by atoms with van der Waals surface area (Å²) in [5, 5.41) is 12.0. The van der Waals surface area contributed by atoms with Crippen molar-refractivity contribution in [1.29, 1.82) is 0 Å². The van der Waals surface area contributed by atoms with Gasteiger partial charge in [0.1, 0.15) is 17.8 Å². The zero-order chi connectivity index (χ0) is 21.7. The van der Waals surface area contributed by atoms with Crippen LogP contribution in [0.4, 0.5) is 4.39 Å². The summed E-state index contributed by atoms with van der Waals surface area (Å²) in [6, 6.07) is 5.16. The first-order valence-electron chi connectivity index (χ1n) is 9.64. The predicted molar refractivity (Wildman–Crippen MR) is 112 cm³/mol. The van der Waals surface area contributed by atoms with Gasteiger partial charge in [-0.15, -0.1) is 0 Å². The van der Waals surface area contributed by atoms with Gasteiger partial charge in [-0.25, -0.2) is 4.39 Å². The first-order chi connectivity index (χ1) is 14.1. The van der Waals surface area contributed by atoms with Gasteiger partial charge < -0.3 is 10.2 Å². The lowest BCUT2D eigenvalue weighted by Crippen LogP contribution is -2.54. The van der Waals surface area contributed by atoms with Crippen molar-refractivity contribution in [2.24, 2.45) is 11.1 Å². The third kappa shape index (κ3) is 3.33. The molecule has 0 aliphatic heterocycles. The monoisotopic (exact) mass is 410 g/mol. The van der Waals surface area contributed by atoms with Gasteiger partial charge in [-0.3, -0.25) is 14.5 Å². The molecule has 3 aromatic rings. The second-order valence-corrected chi connectivity index (χ2v) is 8.84. The smallest absolute Gasteiger partial charge is 0.306 e. The predicted octanol–water partition coefficient (Wildman–Crippen LogP) is 4.47. The Morgan fingerprint density at radius 2 is 2.03 bits per heavy atom. The van der Waals surface area contributed by atoms with Crippen molar-refractivity contribution in [3.63, 3.8) is 0 Å². The highest BCUT2D eigenvalue weighted by molar-refractivity contribution is 5.85. The van der Waals surface area contributed by atoms with E-state index in [4.69, 9.17) is 10.2 Å². The summed E-state index contributed by atoms with van der Waals surface area (Å²) < 4.78 is 20.6. The molecule has 4 rings (SSSR count). The molecule has 0 bridgehead atoms. The van der Waals surface area contributed by atoms with Gasteiger partial charge in [-0.1, -0.05) is 26.8 Å². The minimum atomic E-state index is -1.39. The number of hydrogen-bond acceptors (Lipinski definition) is 5. The molecule has 1 aliphatic rings. The van der Waals surface area contributed by atoms with E-state index in [1.54, 1.807) is 41.0 Å². The molecule has 0 amide bonds. The minimum Gasteiger partial charge on any atom is -0.432 e. The van der Waals surface area contributed by atoms with Crippen LogP contribution in [-0.4, -0.2) is 25.9 Å². The molecule has 1 aromatic carbocycles. The minimum absolute atomic E-state index is 0.284. The summed E-state index contributed by atoms with van der Waals surface area (Å²) in [5.41, 5.74) is 7.37. The Bertz CT molecular complexity index is 1170. The van der Waals surface area contributed by atoms with Crippen LogP contribution in [0.15, 0.2) is 59.4 Å². The lowest BCUT2D eigenvalue weighted by Gasteiger charge is -2.34. The summed E-state index contributed by atoms with van der Waals surface area (Å²) in [6.45, 7) is 5.87. The normalized spacial score (nSPS) is 21.8. The Kier molecular flexibility index (Phi) is 4.62. The molecule has 2 heterocycles. The quantitative estimate of drug-likeness (QED) is 0.505.